The Morgan fingerprint density at radius 3 is 1.84 bits per heavy atom. The van der Waals surface area contributed by atoms with E-state index in [2.05, 4.69) is 19.9 Å². The maximum Gasteiger partial charge on any atom is 0.335 e. The molecule has 5 aliphatic carbocycles. The van der Waals surface area contributed by atoms with E-state index in [1.165, 1.54) is 0 Å². The Hall–Kier alpha value is -2.79. The number of carboxylic acid groups (broad SMARTS) is 1. The predicted molar refractivity (Wildman–Crippen MR) is 272 cm³/mol. The summed E-state index contributed by atoms with van der Waals surface area (Å²) in [6, 6.07) is 0. The van der Waals surface area contributed by atoms with Gasteiger partial charge in [-0.15, -0.1) is 0 Å². The molecule has 3 heterocycles. The molecule has 3 saturated heterocycles. The first-order valence-electron chi connectivity index (χ1n) is 28.0. The Morgan fingerprint density at radius 2 is 1.28 bits per heavy atom. The lowest BCUT2D eigenvalue weighted by Gasteiger charge is -2.73. The highest BCUT2D eigenvalue weighted by atomic mass is 16.8. The first kappa shape index (κ1) is 62.3. The number of fused-ring (bicyclic) bond motifs is 7. The Bertz CT molecular complexity index is 2310. The molecule has 0 bridgehead atoms. The van der Waals surface area contributed by atoms with Crippen LogP contribution >= 0.6 is 0 Å². The quantitative estimate of drug-likeness (QED) is 0.0470. The van der Waals surface area contributed by atoms with Crippen molar-refractivity contribution in [2.75, 3.05) is 19.8 Å². The molecule has 0 aromatic heterocycles. The molecular weight excluding hydrogens is 1040 g/mol. The third-order valence-electron chi connectivity index (χ3n) is 21.1. The molecule has 3 aliphatic heterocycles. The van der Waals surface area contributed by atoms with E-state index in [4.69, 9.17) is 37.9 Å². The van der Waals surface area contributed by atoms with Gasteiger partial charge in [-0.3, -0.25) is 4.79 Å². The molecule has 79 heavy (non-hydrogen) atoms. The molecule has 0 amide bonds. The van der Waals surface area contributed by atoms with Crippen LogP contribution in [0.4, 0.5) is 0 Å². The molecule has 7 fully saturated rings. The molecule has 8 rings (SSSR count). The second-order valence-electron chi connectivity index (χ2n) is 26.2. The van der Waals surface area contributed by atoms with Crippen LogP contribution in [-0.2, 0) is 52.3 Å². The van der Waals surface area contributed by atoms with Gasteiger partial charge in [0.05, 0.1) is 49.5 Å². The number of esters is 2. The number of aliphatic carboxylic acids is 1. The molecule has 12 N–H and O–H groups in total. The van der Waals surface area contributed by atoms with E-state index in [1.807, 2.05) is 34.6 Å². The van der Waals surface area contributed by atoms with Crippen molar-refractivity contribution in [2.45, 2.75) is 231 Å². The van der Waals surface area contributed by atoms with Gasteiger partial charge >= 0.3 is 17.9 Å². The number of carbonyl (C=O) groups is 3. The molecule has 0 spiro atoms. The number of carbonyl (C=O) groups excluding carboxylic acids is 2. The maximum absolute atomic E-state index is 13.7. The van der Waals surface area contributed by atoms with Crippen molar-refractivity contribution in [3.8, 4) is 0 Å². The summed E-state index contributed by atoms with van der Waals surface area (Å²) in [5.41, 5.74) is -4.56. The van der Waals surface area contributed by atoms with Gasteiger partial charge in [0.2, 0.25) is 0 Å². The third kappa shape index (κ3) is 9.76. The van der Waals surface area contributed by atoms with Crippen LogP contribution in [0.25, 0.3) is 0 Å². The first-order chi connectivity index (χ1) is 36.8. The van der Waals surface area contributed by atoms with Crippen LogP contribution in [0.5, 0.6) is 0 Å². The number of hydrogen-bond acceptors (Lipinski definition) is 22. The van der Waals surface area contributed by atoms with Gasteiger partial charge in [-0.05, 0) is 86.4 Å². The van der Waals surface area contributed by atoms with Gasteiger partial charge in [0.25, 0.3) is 0 Å². The van der Waals surface area contributed by atoms with Crippen LogP contribution in [-0.4, -0.2) is 216 Å². The first-order valence-corrected chi connectivity index (χ1v) is 28.0. The van der Waals surface area contributed by atoms with E-state index in [-0.39, 0.29) is 11.8 Å². The summed E-state index contributed by atoms with van der Waals surface area (Å²) in [7, 11) is 0. The average Bonchev–Trinajstić information content (AvgIpc) is 3.35. The largest absolute Gasteiger partial charge is 0.479 e. The SMILES string of the molecule is C/C=C(/C)C(=O)O[C@H]1[C@H](OC(=O)C(C)C)[C@@]2(CO)C(CC1(C)C)C1=CCC3[C@@]4(C)CC[C@H](O[C@@H]5O[C@H](C(=O)O)[C@@H](O)[C@H](O[C@@H]6O[C@@H](CO)[C@H](O)[C@H]6O)[C@H]5O[C@@H]5O[C@H](CO)[C@H](O)[C@H](O)[C@H]5O)C(C)(C)C4CC[C@@]3(C)[C@]1(C)[C@@H](O)[C@H]2O. The van der Waals surface area contributed by atoms with E-state index in [9.17, 15) is 75.7 Å². The minimum absolute atomic E-state index is 0.145. The van der Waals surface area contributed by atoms with E-state index < -0.39 is 199 Å². The Kier molecular flexibility index (Phi) is 17.6. The monoisotopic (exact) mass is 1130 g/mol. The van der Waals surface area contributed by atoms with Crippen LogP contribution in [0, 0.1) is 56.2 Å². The molecular formula is C56H88O23. The fourth-order valence-electron chi connectivity index (χ4n) is 16.2. The average molecular weight is 1130 g/mol. The highest BCUT2D eigenvalue weighted by Gasteiger charge is 2.76. The van der Waals surface area contributed by atoms with Gasteiger partial charge in [0.1, 0.15) is 67.1 Å². The Balaban J connectivity index is 1.14. The molecule has 23 nitrogen and oxygen atoms in total. The van der Waals surface area contributed by atoms with Gasteiger partial charge in [-0.25, -0.2) is 9.59 Å². The molecule has 0 radical (unpaired) electrons. The summed E-state index contributed by atoms with van der Waals surface area (Å²) in [6.07, 6.45) is -25.3. The number of ether oxygens (including phenoxy) is 8. The van der Waals surface area contributed by atoms with Gasteiger partial charge in [0, 0.05) is 16.4 Å². The van der Waals surface area contributed by atoms with Crippen molar-refractivity contribution in [1.82, 2.24) is 0 Å². The molecule has 450 valence electrons. The van der Waals surface area contributed by atoms with Crippen molar-refractivity contribution in [3.05, 3.63) is 23.3 Å². The second kappa shape index (κ2) is 22.3. The predicted octanol–water partition coefficient (Wildman–Crippen LogP) is -0.0475. The van der Waals surface area contributed by atoms with Gasteiger partial charge in [-0.2, -0.15) is 0 Å². The van der Waals surface area contributed by atoms with Crippen molar-refractivity contribution >= 4 is 17.9 Å². The normalized spacial score (nSPS) is 49.4. The van der Waals surface area contributed by atoms with Crippen molar-refractivity contribution in [3.63, 3.8) is 0 Å². The summed E-state index contributed by atoms with van der Waals surface area (Å²) >= 11 is 0. The summed E-state index contributed by atoms with van der Waals surface area (Å²) in [6.45, 7) is 18.5. The topological polar surface area (TPSA) is 368 Å². The van der Waals surface area contributed by atoms with Crippen molar-refractivity contribution in [2.24, 2.45) is 56.2 Å². The number of hydrogen-bond donors (Lipinski definition) is 12. The fourth-order valence-corrected chi connectivity index (χ4v) is 16.2. The highest BCUT2D eigenvalue weighted by Crippen LogP contribution is 2.76. The van der Waals surface area contributed by atoms with Crippen molar-refractivity contribution < 1.29 is 114 Å². The Labute approximate surface area is 460 Å². The standard InChI is InChI=1S/C56H88O23/c1-12-24(4)47(71)78-43-44(79-46(70)23(2)3)56(22-59)26(19-51(43,5)6)25-13-14-30-53(9)17-16-31(52(7,8)29(53)15-18-54(30,10)55(25,11)41(66)42(56)67)74-50-40(77-49-36(64)34(62)32(60)27(20-57)72-49)38(37(65)39(76-50)45(68)69)75-48-35(63)33(61)28(21-58)73-48/h12-13,23,26-44,48-50,57-67H,14-22H2,1-11H3,(H,68,69)/b24-12-/t26?,27-,28+,29?,30?,31+,32+,33+,34+,35-,36-,37+,38+,39+,40-,41+,42-,43+,44+,48+,49+,50-,53+,54-,55+,56+/m1/s1. The van der Waals surface area contributed by atoms with Crippen LogP contribution in [0.15, 0.2) is 23.3 Å². The minimum atomic E-state index is -2.12. The maximum atomic E-state index is 13.7. The molecule has 8 aliphatic rings. The summed E-state index contributed by atoms with van der Waals surface area (Å²) in [5, 5.41) is 134. The number of allylic oxidation sites excluding steroid dienone is 2. The molecule has 26 atom stereocenters. The second-order valence-corrected chi connectivity index (χ2v) is 26.2. The van der Waals surface area contributed by atoms with E-state index in [0.29, 0.717) is 44.1 Å². The van der Waals surface area contributed by atoms with Crippen molar-refractivity contribution in [1.29, 1.82) is 0 Å². The van der Waals surface area contributed by atoms with Crippen LogP contribution in [0.1, 0.15) is 115 Å². The van der Waals surface area contributed by atoms with Gasteiger partial charge in [0.15, 0.2) is 31.1 Å². The number of aliphatic hydroxyl groups is 11. The Morgan fingerprint density at radius 1 is 0.696 bits per heavy atom. The van der Waals surface area contributed by atoms with Crippen LogP contribution in [0.3, 0.4) is 0 Å². The molecule has 23 heteroatoms. The summed E-state index contributed by atoms with van der Waals surface area (Å²) in [5.74, 6) is -4.49. The molecule has 0 aromatic rings. The lowest BCUT2D eigenvalue weighted by molar-refractivity contribution is -0.386. The van der Waals surface area contributed by atoms with Crippen LogP contribution in [0.2, 0.25) is 0 Å². The summed E-state index contributed by atoms with van der Waals surface area (Å²) in [4.78, 5) is 40.1. The van der Waals surface area contributed by atoms with E-state index in [1.54, 1.807) is 33.8 Å². The lowest BCUT2D eigenvalue weighted by Crippen LogP contribution is -2.76. The summed E-state index contributed by atoms with van der Waals surface area (Å²) < 4.78 is 49.0. The van der Waals surface area contributed by atoms with Gasteiger partial charge < -0.3 is 99.2 Å². The molecule has 3 unspecified atom stereocenters. The van der Waals surface area contributed by atoms with E-state index >= 15 is 0 Å². The molecule has 0 aromatic carbocycles. The zero-order valence-corrected chi connectivity index (χ0v) is 47.2. The lowest BCUT2D eigenvalue weighted by atomic mass is 9.32. The number of carboxylic acids is 1. The van der Waals surface area contributed by atoms with E-state index in [0.717, 1.165) is 5.57 Å². The fraction of sp³-hybridized carbons (Fsp3) is 0.875. The smallest absolute Gasteiger partial charge is 0.335 e. The highest BCUT2D eigenvalue weighted by molar-refractivity contribution is 5.87. The molecule has 4 saturated carbocycles. The zero-order chi connectivity index (χ0) is 58.6. The van der Waals surface area contributed by atoms with Gasteiger partial charge in [-0.1, -0.05) is 80.0 Å². The third-order valence-corrected chi connectivity index (χ3v) is 21.1. The van der Waals surface area contributed by atoms with Crippen LogP contribution < -0.4 is 0 Å². The number of aliphatic hydroxyl groups excluding tert-OH is 11. The zero-order valence-electron chi connectivity index (χ0n) is 47.2. The minimum Gasteiger partial charge on any atom is -0.479 e. The number of rotatable bonds is 14.